The molecule has 6 heteroatoms. The summed E-state index contributed by atoms with van der Waals surface area (Å²) < 4.78 is 18.3. The minimum atomic E-state index is -0.645. The van der Waals surface area contributed by atoms with Crippen molar-refractivity contribution >= 4 is 23.2 Å². The molecule has 2 aromatic carbocycles. The molecule has 0 aliphatic carbocycles. The van der Waals surface area contributed by atoms with Crippen molar-refractivity contribution in [3.05, 3.63) is 63.9 Å². The van der Waals surface area contributed by atoms with Crippen LogP contribution in [0.4, 0.5) is 4.39 Å². The second-order valence-corrected chi connectivity index (χ2v) is 5.74. The van der Waals surface area contributed by atoms with E-state index in [1.807, 2.05) is 29.6 Å². The van der Waals surface area contributed by atoms with E-state index in [4.69, 9.17) is 27.9 Å². The number of benzene rings is 2. The van der Waals surface area contributed by atoms with Gasteiger partial charge in [-0.05, 0) is 30.3 Å². The molecule has 0 unspecified atom stereocenters. The van der Waals surface area contributed by atoms with Gasteiger partial charge in [-0.2, -0.15) is 0 Å². The lowest BCUT2D eigenvalue weighted by atomic mass is 10.2. The number of hydrogen-bond acceptors (Lipinski definition) is 2. The van der Waals surface area contributed by atoms with Gasteiger partial charge in [0.15, 0.2) is 0 Å². The molecule has 118 valence electrons. The van der Waals surface area contributed by atoms with Gasteiger partial charge in [0, 0.05) is 10.6 Å². The van der Waals surface area contributed by atoms with Crippen LogP contribution in [0.2, 0.25) is 10.0 Å². The lowest BCUT2D eigenvalue weighted by Gasteiger charge is -2.12. The Balaban J connectivity index is 1.71. The number of aliphatic hydroxyl groups excluding tert-OH is 1. The molecule has 3 nitrogen and oxygen atoms in total. The number of quaternary nitrogens is 1. The molecule has 0 saturated carbocycles. The fraction of sp³-hybridized carbons (Fsp3) is 0.250. The number of ether oxygens (including phenoxy) is 1. The summed E-state index contributed by atoms with van der Waals surface area (Å²) in [5.41, 5.74) is 1.12. The summed E-state index contributed by atoms with van der Waals surface area (Å²) in [6.07, 6.45) is -0.645. The average molecular weight is 345 g/mol. The SMILES string of the molecule is O[C@H](C[NH2+]Cc1ccc(Cl)cc1)COc1ccc(F)cc1Cl. The van der Waals surface area contributed by atoms with E-state index in [1.165, 1.54) is 18.2 Å². The van der Waals surface area contributed by atoms with Crippen molar-refractivity contribution in [2.45, 2.75) is 12.6 Å². The summed E-state index contributed by atoms with van der Waals surface area (Å²) >= 11 is 11.7. The molecule has 2 aromatic rings. The predicted molar refractivity (Wildman–Crippen MR) is 84.9 cm³/mol. The molecule has 1 atom stereocenters. The van der Waals surface area contributed by atoms with Crippen LogP contribution in [0.3, 0.4) is 0 Å². The fourth-order valence-electron chi connectivity index (χ4n) is 1.91. The summed E-state index contributed by atoms with van der Waals surface area (Å²) in [4.78, 5) is 0. The molecule has 0 aliphatic heterocycles. The van der Waals surface area contributed by atoms with Crippen molar-refractivity contribution in [3.8, 4) is 5.75 Å². The van der Waals surface area contributed by atoms with Crippen LogP contribution in [0.1, 0.15) is 5.56 Å². The quantitative estimate of drug-likeness (QED) is 0.810. The Bertz CT molecular complexity index is 608. The topological polar surface area (TPSA) is 46.1 Å². The molecule has 0 saturated heterocycles. The molecule has 0 amide bonds. The Morgan fingerprint density at radius 3 is 2.55 bits per heavy atom. The fourth-order valence-corrected chi connectivity index (χ4v) is 2.26. The summed E-state index contributed by atoms with van der Waals surface area (Å²) in [5, 5.41) is 12.8. The summed E-state index contributed by atoms with van der Waals surface area (Å²) in [5.74, 6) is -0.0611. The minimum absolute atomic E-state index is 0.0997. The number of rotatable bonds is 7. The van der Waals surface area contributed by atoms with Crippen molar-refractivity contribution in [3.63, 3.8) is 0 Å². The van der Waals surface area contributed by atoms with Gasteiger partial charge < -0.3 is 15.2 Å². The van der Waals surface area contributed by atoms with Crippen LogP contribution < -0.4 is 10.1 Å². The standard InChI is InChI=1S/C16H16Cl2FNO2/c17-12-3-1-11(2-4-12)8-20-9-14(21)10-22-16-6-5-13(19)7-15(16)18/h1-7,14,20-21H,8-10H2/p+1/t14-/m1/s1. The maximum absolute atomic E-state index is 12.9. The van der Waals surface area contributed by atoms with E-state index < -0.39 is 11.9 Å². The third kappa shape index (κ3) is 5.46. The summed E-state index contributed by atoms with van der Waals surface area (Å²) in [6.45, 7) is 1.33. The maximum atomic E-state index is 12.9. The van der Waals surface area contributed by atoms with Crippen LogP contribution in [0.5, 0.6) is 5.75 Å². The molecule has 3 N–H and O–H groups in total. The predicted octanol–water partition coefficient (Wildman–Crippen LogP) is 2.64. The van der Waals surface area contributed by atoms with Crippen LogP contribution in [-0.2, 0) is 6.54 Å². The van der Waals surface area contributed by atoms with Crippen LogP contribution in [0, 0.1) is 5.82 Å². The van der Waals surface area contributed by atoms with Crippen LogP contribution in [0.25, 0.3) is 0 Å². The van der Waals surface area contributed by atoms with Gasteiger partial charge in [0.2, 0.25) is 0 Å². The molecule has 2 rings (SSSR count). The second kappa shape index (κ2) is 8.34. The van der Waals surface area contributed by atoms with Gasteiger partial charge >= 0.3 is 0 Å². The molecule has 0 heterocycles. The normalized spacial score (nSPS) is 12.2. The number of aliphatic hydroxyl groups is 1. The molecule has 0 radical (unpaired) electrons. The van der Waals surface area contributed by atoms with Gasteiger partial charge in [-0.15, -0.1) is 0 Å². The first-order valence-corrected chi connectivity index (χ1v) is 7.62. The lowest BCUT2D eigenvalue weighted by molar-refractivity contribution is -0.676. The number of nitrogens with two attached hydrogens (primary N) is 1. The van der Waals surface area contributed by atoms with Gasteiger partial charge in [0.1, 0.15) is 37.4 Å². The molecule has 0 aromatic heterocycles. The van der Waals surface area contributed by atoms with Crippen molar-refractivity contribution in [2.24, 2.45) is 0 Å². The van der Waals surface area contributed by atoms with Gasteiger partial charge in [0.05, 0.1) is 5.02 Å². The third-order valence-corrected chi connectivity index (χ3v) is 3.60. The number of halogens is 3. The smallest absolute Gasteiger partial charge is 0.138 e. The van der Waals surface area contributed by atoms with Gasteiger partial charge in [-0.1, -0.05) is 35.3 Å². The van der Waals surface area contributed by atoms with E-state index in [0.717, 1.165) is 12.1 Å². The highest BCUT2D eigenvalue weighted by atomic mass is 35.5. The maximum Gasteiger partial charge on any atom is 0.138 e. The average Bonchev–Trinajstić information content (AvgIpc) is 2.48. The highest BCUT2D eigenvalue weighted by Gasteiger charge is 2.10. The first-order valence-electron chi connectivity index (χ1n) is 6.86. The van der Waals surface area contributed by atoms with E-state index >= 15 is 0 Å². The monoisotopic (exact) mass is 344 g/mol. The van der Waals surface area contributed by atoms with E-state index in [2.05, 4.69) is 0 Å². The Kier molecular flexibility index (Phi) is 6.46. The molecular weight excluding hydrogens is 328 g/mol. The number of hydrogen-bond donors (Lipinski definition) is 2. The zero-order valence-corrected chi connectivity index (χ0v) is 13.3. The van der Waals surface area contributed by atoms with E-state index in [-0.39, 0.29) is 11.6 Å². The molecular formula is C16H17Cl2FNO2+. The van der Waals surface area contributed by atoms with E-state index in [1.54, 1.807) is 0 Å². The Hall–Kier alpha value is -1.33. The zero-order valence-electron chi connectivity index (χ0n) is 11.8. The van der Waals surface area contributed by atoms with Crippen LogP contribution >= 0.6 is 23.2 Å². The Morgan fingerprint density at radius 1 is 1.14 bits per heavy atom. The van der Waals surface area contributed by atoms with Crippen molar-refractivity contribution in [1.82, 2.24) is 0 Å². The molecule has 22 heavy (non-hydrogen) atoms. The highest BCUT2D eigenvalue weighted by Crippen LogP contribution is 2.24. The van der Waals surface area contributed by atoms with Gasteiger partial charge in [-0.25, -0.2) is 4.39 Å². The Labute approximate surface area is 138 Å². The Morgan fingerprint density at radius 2 is 1.86 bits per heavy atom. The third-order valence-electron chi connectivity index (χ3n) is 3.06. The lowest BCUT2D eigenvalue weighted by Crippen LogP contribution is -2.85. The highest BCUT2D eigenvalue weighted by molar-refractivity contribution is 6.32. The molecule has 0 fully saturated rings. The van der Waals surface area contributed by atoms with Crippen molar-refractivity contribution < 1.29 is 19.6 Å². The second-order valence-electron chi connectivity index (χ2n) is 4.89. The van der Waals surface area contributed by atoms with E-state index in [9.17, 15) is 9.50 Å². The molecule has 0 spiro atoms. The van der Waals surface area contributed by atoms with Crippen LogP contribution in [0.15, 0.2) is 42.5 Å². The first-order chi connectivity index (χ1) is 10.5. The van der Waals surface area contributed by atoms with Crippen LogP contribution in [-0.4, -0.2) is 24.4 Å². The van der Waals surface area contributed by atoms with E-state index in [0.29, 0.717) is 17.3 Å². The van der Waals surface area contributed by atoms with Crippen molar-refractivity contribution in [1.29, 1.82) is 0 Å². The largest absolute Gasteiger partial charge is 0.489 e. The molecule has 0 aliphatic rings. The first kappa shape index (κ1) is 17.0. The summed E-state index contributed by atoms with van der Waals surface area (Å²) in [6, 6.07) is 11.4. The molecule has 0 bridgehead atoms. The zero-order chi connectivity index (χ0) is 15.9. The van der Waals surface area contributed by atoms with Gasteiger partial charge in [0.25, 0.3) is 0 Å². The van der Waals surface area contributed by atoms with Gasteiger partial charge in [-0.3, -0.25) is 0 Å². The van der Waals surface area contributed by atoms with Crippen molar-refractivity contribution in [2.75, 3.05) is 13.2 Å². The summed E-state index contributed by atoms with van der Waals surface area (Å²) in [7, 11) is 0. The minimum Gasteiger partial charge on any atom is -0.489 e.